The van der Waals surface area contributed by atoms with E-state index in [9.17, 15) is 4.39 Å². The van der Waals surface area contributed by atoms with Crippen molar-refractivity contribution in [2.75, 3.05) is 6.54 Å². The predicted molar refractivity (Wildman–Crippen MR) is 60.2 cm³/mol. The summed E-state index contributed by atoms with van der Waals surface area (Å²) >= 11 is 0. The summed E-state index contributed by atoms with van der Waals surface area (Å²) in [6, 6.07) is 9.21. The topological polar surface area (TPSA) is 51.8 Å². The summed E-state index contributed by atoms with van der Waals surface area (Å²) in [4.78, 5) is 8.05. The molecule has 1 aromatic heterocycles. The number of benzene rings is 1. The Morgan fingerprint density at radius 3 is 2.62 bits per heavy atom. The van der Waals surface area contributed by atoms with Crippen LogP contribution in [0, 0.1) is 5.82 Å². The SMILES string of the molecule is NCCc1ncc(F)c(-c2ccccc2)n1. The largest absolute Gasteiger partial charge is 0.330 e. The van der Waals surface area contributed by atoms with E-state index in [1.54, 1.807) is 0 Å². The fourth-order valence-corrected chi connectivity index (χ4v) is 1.45. The minimum atomic E-state index is -0.410. The molecule has 0 amide bonds. The van der Waals surface area contributed by atoms with Crippen LogP contribution in [0.1, 0.15) is 5.82 Å². The molecule has 4 heteroatoms. The Morgan fingerprint density at radius 2 is 1.94 bits per heavy atom. The molecule has 82 valence electrons. The molecule has 0 atom stereocenters. The van der Waals surface area contributed by atoms with Crippen molar-refractivity contribution < 1.29 is 4.39 Å². The first-order chi connectivity index (χ1) is 7.81. The molecular weight excluding hydrogens is 205 g/mol. The first-order valence-electron chi connectivity index (χ1n) is 5.08. The molecule has 1 heterocycles. The molecule has 0 bridgehead atoms. The number of rotatable bonds is 3. The third-order valence-electron chi connectivity index (χ3n) is 2.21. The van der Waals surface area contributed by atoms with Crippen molar-refractivity contribution in [3.63, 3.8) is 0 Å². The molecule has 0 aliphatic heterocycles. The molecule has 16 heavy (non-hydrogen) atoms. The second kappa shape index (κ2) is 4.81. The van der Waals surface area contributed by atoms with E-state index in [2.05, 4.69) is 9.97 Å². The fraction of sp³-hybridized carbons (Fsp3) is 0.167. The van der Waals surface area contributed by atoms with Crippen LogP contribution < -0.4 is 5.73 Å². The van der Waals surface area contributed by atoms with Gasteiger partial charge >= 0.3 is 0 Å². The summed E-state index contributed by atoms with van der Waals surface area (Å²) < 4.78 is 13.5. The monoisotopic (exact) mass is 217 g/mol. The molecule has 0 saturated carbocycles. The third kappa shape index (κ3) is 2.23. The second-order valence-corrected chi connectivity index (χ2v) is 3.39. The average Bonchev–Trinajstić information content (AvgIpc) is 2.33. The molecule has 0 aliphatic rings. The molecule has 3 nitrogen and oxygen atoms in total. The average molecular weight is 217 g/mol. The first-order valence-corrected chi connectivity index (χ1v) is 5.08. The number of hydrogen-bond donors (Lipinski definition) is 1. The standard InChI is InChI=1S/C12H12FN3/c13-10-8-15-11(6-7-14)16-12(10)9-4-2-1-3-5-9/h1-5,8H,6-7,14H2. The lowest BCUT2D eigenvalue weighted by Gasteiger charge is -2.04. The normalized spacial score (nSPS) is 10.4. The van der Waals surface area contributed by atoms with Gasteiger partial charge in [-0.25, -0.2) is 14.4 Å². The van der Waals surface area contributed by atoms with Crippen molar-refractivity contribution in [1.82, 2.24) is 9.97 Å². The Labute approximate surface area is 93.2 Å². The van der Waals surface area contributed by atoms with Crippen LogP contribution in [0.25, 0.3) is 11.3 Å². The molecule has 0 aliphatic carbocycles. The van der Waals surface area contributed by atoms with Gasteiger partial charge in [0.15, 0.2) is 5.82 Å². The summed E-state index contributed by atoms with van der Waals surface area (Å²) in [5, 5.41) is 0. The van der Waals surface area contributed by atoms with Gasteiger partial charge < -0.3 is 5.73 Å². The van der Waals surface area contributed by atoms with Gasteiger partial charge in [-0.1, -0.05) is 30.3 Å². The molecular formula is C12H12FN3. The summed E-state index contributed by atoms with van der Waals surface area (Å²) in [5.74, 6) is 0.162. The summed E-state index contributed by atoms with van der Waals surface area (Å²) in [7, 11) is 0. The van der Waals surface area contributed by atoms with Crippen LogP contribution in [-0.2, 0) is 6.42 Å². The van der Waals surface area contributed by atoms with Gasteiger partial charge in [0.25, 0.3) is 0 Å². The maximum Gasteiger partial charge on any atom is 0.167 e. The number of nitrogens with two attached hydrogens (primary N) is 1. The van der Waals surface area contributed by atoms with E-state index in [4.69, 9.17) is 5.73 Å². The zero-order valence-corrected chi connectivity index (χ0v) is 8.73. The lowest BCUT2D eigenvalue weighted by Crippen LogP contribution is -2.07. The molecule has 0 radical (unpaired) electrons. The van der Waals surface area contributed by atoms with Crippen LogP contribution in [0.15, 0.2) is 36.5 Å². The fourth-order valence-electron chi connectivity index (χ4n) is 1.45. The van der Waals surface area contributed by atoms with Gasteiger partial charge in [0, 0.05) is 12.0 Å². The minimum absolute atomic E-state index is 0.332. The highest BCUT2D eigenvalue weighted by Crippen LogP contribution is 2.19. The van der Waals surface area contributed by atoms with Gasteiger partial charge in [-0.2, -0.15) is 0 Å². The smallest absolute Gasteiger partial charge is 0.167 e. The van der Waals surface area contributed by atoms with E-state index < -0.39 is 5.82 Å². The van der Waals surface area contributed by atoms with Crippen molar-refractivity contribution in [3.8, 4) is 11.3 Å². The van der Waals surface area contributed by atoms with Crippen molar-refractivity contribution >= 4 is 0 Å². The number of halogens is 1. The summed E-state index contributed by atoms with van der Waals surface area (Å²) in [5.41, 5.74) is 6.50. The quantitative estimate of drug-likeness (QED) is 0.852. The van der Waals surface area contributed by atoms with Gasteiger partial charge in [-0.3, -0.25) is 0 Å². The van der Waals surface area contributed by atoms with Crippen LogP contribution >= 0.6 is 0 Å². The lowest BCUT2D eigenvalue weighted by atomic mass is 10.1. The minimum Gasteiger partial charge on any atom is -0.330 e. The molecule has 0 unspecified atom stereocenters. The van der Waals surface area contributed by atoms with Gasteiger partial charge in [0.1, 0.15) is 11.5 Å². The maximum absolute atomic E-state index is 13.5. The van der Waals surface area contributed by atoms with E-state index in [0.717, 1.165) is 5.56 Å². The first kappa shape index (κ1) is 10.7. The molecule has 2 rings (SSSR count). The molecule has 1 aromatic carbocycles. The van der Waals surface area contributed by atoms with E-state index in [-0.39, 0.29) is 0 Å². The molecule has 2 N–H and O–H groups in total. The molecule has 0 fully saturated rings. The molecule has 0 saturated heterocycles. The Kier molecular flexibility index (Phi) is 3.22. The number of aromatic nitrogens is 2. The second-order valence-electron chi connectivity index (χ2n) is 3.39. The highest BCUT2D eigenvalue weighted by molar-refractivity contribution is 5.59. The zero-order chi connectivity index (χ0) is 11.4. The van der Waals surface area contributed by atoms with Crippen molar-refractivity contribution in [2.24, 2.45) is 5.73 Å². The lowest BCUT2D eigenvalue weighted by molar-refractivity contribution is 0.613. The van der Waals surface area contributed by atoms with E-state index in [1.165, 1.54) is 6.20 Å². The number of nitrogens with zero attached hydrogens (tertiary/aromatic N) is 2. The van der Waals surface area contributed by atoms with Gasteiger partial charge in [0.05, 0.1) is 6.20 Å². The van der Waals surface area contributed by atoms with Crippen LogP contribution in [0.2, 0.25) is 0 Å². The van der Waals surface area contributed by atoms with Crippen molar-refractivity contribution in [1.29, 1.82) is 0 Å². The molecule has 2 aromatic rings. The van der Waals surface area contributed by atoms with Crippen LogP contribution in [0.3, 0.4) is 0 Å². The summed E-state index contributed by atoms with van der Waals surface area (Å²) in [6.07, 6.45) is 1.75. The van der Waals surface area contributed by atoms with E-state index >= 15 is 0 Å². The van der Waals surface area contributed by atoms with E-state index in [1.807, 2.05) is 30.3 Å². The van der Waals surface area contributed by atoms with Crippen LogP contribution in [-0.4, -0.2) is 16.5 Å². The van der Waals surface area contributed by atoms with Gasteiger partial charge in [-0.15, -0.1) is 0 Å². The third-order valence-corrected chi connectivity index (χ3v) is 2.21. The Hall–Kier alpha value is -1.81. The van der Waals surface area contributed by atoms with Gasteiger partial charge in [-0.05, 0) is 6.54 Å². The summed E-state index contributed by atoms with van der Waals surface area (Å²) in [6.45, 7) is 0.458. The van der Waals surface area contributed by atoms with Crippen molar-refractivity contribution in [3.05, 3.63) is 48.2 Å². The van der Waals surface area contributed by atoms with Crippen LogP contribution in [0.5, 0.6) is 0 Å². The van der Waals surface area contributed by atoms with Crippen LogP contribution in [0.4, 0.5) is 4.39 Å². The number of hydrogen-bond acceptors (Lipinski definition) is 3. The Bertz CT molecular complexity index is 471. The highest BCUT2D eigenvalue weighted by Gasteiger charge is 2.08. The Morgan fingerprint density at radius 1 is 1.19 bits per heavy atom. The Balaban J connectivity index is 2.43. The maximum atomic E-state index is 13.5. The van der Waals surface area contributed by atoms with E-state index in [0.29, 0.717) is 24.5 Å². The van der Waals surface area contributed by atoms with Crippen molar-refractivity contribution in [2.45, 2.75) is 6.42 Å². The molecule has 0 spiro atoms. The van der Waals surface area contributed by atoms with Gasteiger partial charge in [0.2, 0.25) is 0 Å². The predicted octanol–water partition coefficient (Wildman–Crippen LogP) is 1.78. The highest BCUT2D eigenvalue weighted by atomic mass is 19.1. The zero-order valence-electron chi connectivity index (χ0n) is 8.73.